The summed E-state index contributed by atoms with van der Waals surface area (Å²) in [5, 5.41) is 0.539. The number of ether oxygens (including phenoxy) is 1. The lowest BCUT2D eigenvalue weighted by atomic mass is 9.95. The van der Waals surface area contributed by atoms with Crippen LogP contribution in [0.1, 0.15) is 22.7 Å². The highest BCUT2D eigenvalue weighted by atomic mass is 79.9. The van der Waals surface area contributed by atoms with Crippen molar-refractivity contribution in [1.82, 2.24) is 0 Å². The fourth-order valence-electron chi connectivity index (χ4n) is 2.14. The summed E-state index contributed by atoms with van der Waals surface area (Å²) >= 11 is 9.46. The van der Waals surface area contributed by atoms with Gasteiger partial charge >= 0.3 is 0 Å². The van der Waals surface area contributed by atoms with E-state index in [0.717, 1.165) is 5.56 Å². The first-order chi connectivity index (χ1) is 9.43. The normalized spacial score (nSPS) is 12.3. The highest BCUT2D eigenvalue weighted by Crippen LogP contribution is 2.38. The number of hydrogen-bond acceptors (Lipinski definition) is 2. The van der Waals surface area contributed by atoms with Crippen LogP contribution < -0.4 is 10.5 Å². The number of nitrogens with two attached hydrogens (primary N) is 1. The zero-order valence-electron chi connectivity index (χ0n) is 11.1. The monoisotopic (exact) mass is 357 g/mol. The van der Waals surface area contributed by atoms with E-state index in [1.165, 1.54) is 12.1 Å². The van der Waals surface area contributed by atoms with Crippen molar-refractivity contribution in [2.75, 3.05) is 7.11 Å². The van der Waals surface area contributed by atoms with Crippen molar-refractivity contribution in [2.45, 2.75) is 13.0 Å². The summed E-state index contributed by atoms with van der Waals surface area (Å²) in [5.74, 6) is 0.284. The largest absolute Gasteiger partial charge is 0.495 e. The Kier molecular flexibility index (Phi) is 4.68. The molecule has 0 aliphatic rings. The van der Waals surface area contributed by atoms with Gasteiger partial charge in [0.1, 0.15) is 11.6 Å². The Hall–Kier alpha value is -1.10. The number of benzene rings is 2. The Bertz CT molecular complexity index is 648. The minimum Gasteiger partial charge on any atom is -0.495 e. The first kappa shape index (κ1) is 15.3. The van der Waals surface area contributed by atoms with E-state index in [-0.39, 0.29) is 5.82 Å². The molecule has 106 valence electrons. The van der Waals surface area contributed by atoms with Crippen LogP contribution in [0.4, 0.5) is 4.39 Å². The molecule has 2 nitrogen and oxygen atoms in total. The third kappa shape index (κ3) is 2.97. The van der Waals surface area contributed by atoms with Crippen LogP contribution in [0.5, 0.6) is 5.75 Å². The van der Waals surface area contributed by atoms with Gasteiger partial charge < -0.3 is 10.5 Å². The van der Waals surface area contributed by atoms with Crippen LogP contribution in [0.15, 0.2) is 34.8 Å². The van der Waals surface area contributed by atoms with Crippen molar-refractivity contribution in [3.63, 3.8) is 0 Å². The summed E-state index contributed by atoms with van der Waals surface area (Å²) < 4.78 is 19.5. The summed E-state index contributed by atoms with van der Waals surface area (Å²) in [6.07, 6.45) is 0. The highest BCUT2D eigenvalue weighted by molar-refractivity contribution is 9.10. The molecule has 1 unspecified atom stereocenters. The SMILES string of the molecule is COc1c(Br)cc(Cl)cc1C(N)c1cc(F)ccc1C. The maximum Gasteiger partial charge on any atom is 0.138 e. The number of methoxy groups -OCH3 is 1. The van der Waals surface area contributed by atoms with Crippen LogP contribution in [-0.2, 0) is 0 Å². The number of aryl methyl sites for hydroxylation is 1. The molecule has 0 fully saturated rings. The molecule has 1 atom stereocenters. The van der Waals surface area contributed by atoms with Gasteiger partial charge in [0, 0.05) is 10.6 Å². The van der Waals surface area contributed by atoms with Gasteiger partial charge in [-0.2, -0.15) is 0 Å². The highest BCUT2D eigenvalue weighted by Gasteiger charge is 2.19. The van der Waals surface area contributed by atoms with Crippen molar-refractivity contribution in [1.29, 1.82) is 0 Å². The van der Waals surface area contributed by atoms with Gasteiger partial charge in [0.25, 0.3) is 0 Å². The molecule has 2 rings (SSSR count). The summed E-state index contributed by atoms with van der Waals surface area (Å²) in [6.45, 7) is 1.89. The lowest BCUT2D eigenvalue weighted by Crippen LogP contribution is -2.15. The van der Waals surface area contributed by atoms with Crippen LogP contribution in [0.3, 0.4) is 0 Å². The second-order valence-electron chi connectivity index (χ2n) is 4.49. The Morgan fingerprint density at radius 3 is 2.60 bits per heavy atom. The molecular formula is C15H14BrClFNO. The van der Waals surface area contributed by atoms with Crippen molar-refractivity contribution in [2.24, 2.45) is 5.73 Å². The molecule has 0 saturated carbocycles. The quantitative estimate of drug-likeness (QED) is 0.870. The molecule has 0 aliphatic heterocycles. The van der Waals surface area contributed by atoms with Gasteiger partial charge in [-0.15, -0.1) is 0 Å². The third-order valence-corrected chi connectivity index (χ3v) is 3.96. The zero-order chi connectivity index (χ0) is 14.9. The molecule has 0 amide bonds. The molecule has 0 aromatic heterocycles. The summed E-state index contributed by atoms with van der Waals surface area (Å²) in [4.78, 5) is 0. The van der Waals surface area contributed by atoms with E-state index in [9.17, 15) is 4.39 Å². The Labute approximate surface area is 130 Å². The van der Waals surface area contributed by atoms with Gasteiger partial charge in [-0.1, -0.05) is 17.7 Å². The average Bonchev–Trinajstić information content (AvgIpc) is 2.40. The van der Waals surface area contributed by atoms with Crippen molar-refractivity contribution >= 4 is 27.5 Å². The van der Waals surface area contributed by atoms with Crippen molar-refractivity contribution in [3.05, 3.63) is 62.3 Å². The molecule has 20 heavy (non-hydrogen) atoms. The zero-order valence-corrected chi connectivity index (χ0v) is 13.4. The Morgan fingerprint density at radius 1 is 1.25 bits per heavy atom. The molecule has 0 bridgehead atoms. The standard InChI is InChI=1S/C15H14BrClFNO/c1-8-3-4-10(18)7-11(8)14(19)12-5-9(17)6-13(16)15(12)20-2/h3-7,14H,19H2,1-2H3. The molecule has 2 aromatic rings. The van der Waals surface area contributed by atoms with E-state index in [0.29, 0.717) is 26.4 Å². The van der Waals surface area contributed by atoms with Crippen LogP contribution in [0, 0.1) is 12.7 Å². The fourth-order valence-corrected chi connectivity index (χ4v) is 3.14. The average molecular weight is 359 g/mol. The van der Waals surface area contributed by atoms with E-state index >= 15 is 0 Å². The van der Waals surface area contributed by atoms with Crippen LogP contribution in [-0.4, -0.2) is 7.11 Å². The molecule has 5 heteroatoms. The fraction of sp³-hybridized carbons (Fsp3) is 0.200. The van der Waals surface area contributed by atoms with E-state index in [4.69, 9.17) is 22.1 Å². The Balaban J connectivity index is 2.58. The predicted molar refractivity (Wildman–Crippen MR) is 82.9 cm³/mol. The van der Waals surface area contributed by atoms with Crippen molar-refractivity contribution < 1.29 is 9.13 Å². The molecule has 0 spiro atoms. The lowest BCUT2D eigenvalue weighted by Gasteiger charge is -2.19. The predicted octanol–water partition coefficient (Wildman–Crippen LogP) is 4.61. The number of halogens is 3. The van der Waals surface area contributed by atoms with Crippen LogP contribution in [0.25, 0.3) is 0 Å². The molecule has 0 saturated heterocycles. The minimum atomic E-state index is -0.518. The second-order valence-corrected chi connectivity index (χ2v) is 5.78. The first-order valence-corrected chi connectivity index (χ1v) is 7.15. The minimum absolute atomic E-state index is 0.318. The molecule has 2 N–H and O–H groups in total. The molecular weight excluding hydrogens is 345 g/mol. The van der Waals surface area contributed by atoms with Gasteiger partial charge in [-0.3, -0.25) is 0 Å². The smallest absolute Gasteiger partial charge is 0.138 e. The molecule has 2 aromatic carbocycles. The first-order valence-electron chi connectivity index (χ1n) is 5.98. The van der Waals surface area contributed by atoms with Crippen LogP contribution >= 0.6 is 27.5 Å². The van der Waals surface area contributed by atoms with E-state index in [1.807, 2.05) is 6.92 Å². The topological polar surface area (TPSA) is 35.2 Å². The van der Waals surface area contributed by atoms with Crippen LogP contribution in [0.2, 0.25) is 5.02 Å². The number of rotatable bonds is 3. The maximum atomic E-state index is 13.4. The van der Waals surface area contributed by atoms with E-state index in [2.05, 4.69) is 15.9 Å². The van der Waals surface area contributed by atoms with Gasteiger partial charge in [-0.05, 0) is 58.2 Å². The van der Waals surface area contributed by atoms with Gasteiger partial charge in [0.2, 0.25) is 0 Å². The van der Waals surface area contributed by atoms with E-state index < -0.39 is 6.04 Å². The van der Waals surface area contributed by atoms with Gasteiger partial charge in [0.05, 0.1) is 17.6 Å². The lowest BCUT2D eigenvalue weighted by molar-refractivity contribution is 0.405. The molecule has 0 aliphatic carbocycles. The van der Waals surface area contributed by atoms with Gasteiger partial charge in [-0.25, -0.2) is 4.39 Å². The van der Waals surface area contributed by atoms with E-state index in [1.54, 1.807) is 25.3 Å². The third-order valence-electron chi connectivity index (χ3n) is 3.15. The summed E-state index contributed by atoms with van der Waals surface area (Å²) in [7, 11) is 1.56. The van der Waals surface area contributed by atoms with Gasteiger partial charge in [0.15, 0.2) is 0 Å². The van der Waals surface area contributed by atoms with Crippen molar-refractivity contribution in [3.8, 4) is 5.75 Å². The molecule has 0 radical (unpaired) electrons. The summed E-state index contributed by atoms with van der Waals surface area (Å²) in [6, 6.07) is 7.51. The summed E-state index contributed by atoms with van der Waals surface area (Å²) in [5.41, 5.74) is 8.60. The number of hydrogen-bond donors (Lipinski definition) is 1. The molecule has 0 heterocycles. The maximum absolute atomic E-state index is 13.4. The Morgan fingerprint density at radius 2 is 1.95 bits per heavy atom. The second kappa shape index (κ2) is 6.12.